The highest BCUT2D eigenvalue weighted by atomic mass is 16.1. The highest BCUT2D eigenvalue weighted by molar-refractivity contribution is 5.87. The molecule has 0 N–H and O–H groups in total. The van der Waals surface area contributed by atoms with Crippen LogP contribution >= 0.6 is 0 Å². The van der Waals surface area contributed by atoms with E-state index >= 15 is 0 Å². The van der Waals surface area contributed by atoms with E-state index in [4.69, 9.17) is 0 Å². The molecule has 1 aliphatic carbocycles. The van der Waals surface area contributed by atoms with Gasteiger partial charge >= 0.3 is 0 Å². The predicted molar refractivity (Wildman–Crippen MR) is 73.9 cm³/mol. The van der Waals surface area contributed by atoms with Gasteiger partial charge in [-0.25, -0.2) is 0 Å². The predicted octanol–water partition coefficient (Wildman–Crippen LogP) is 4.68. The lowest BCUT2D eigenvalue weighted by Gasteiger charge is -2.38. The monoisotopic (exact) mass is 234 g/mol. The molecule has 0 aliphatic heterocycles. The molecule has 0 aromatic heterocycles. The zero-order valence-electron chi connectivity index (χ0n) is 12.0. The van der Waals surface area contributed by atoms with Crippen molar-refractivity contribution in [1.29, 1.82) is 0 Å². The zero-order chi connectivity index (χ0) is 13.1. The van der Waals surface area contributed by atoms with Gasteiger partial charge in [-0.1, -0.05) is 32.4 Å². The van der Waals surface area contributed by atoms with Crippen molar-refractivity contribution in [3.8, 4) is 0 Å². The first-order valence-corrected chi connectivity index (χ1v) is 6.74. The minimum Gasteiger partial charge on any atom is -0.295 e. The summed E-state index contributed by atoms with van der Waals surface area (Å²) in [5.41, 5.74) is 3.15. The smallest absolute Gasteiger partial charge is 0.152 e. The first-order valence-electron chi connectivity index (χ1n) is 6.74. The zero-order valence-corrected chi connectivity index (χ0v) is 12.0. The van der Waals surface area contributed by atoms with Crippen molar-refractivity contribution < 1.29 is 4.79 Å². The molecule has 0 radical (unpaired) electrons. The highest BCUT2D eigenvalue weighted by Gasteiger charge is 2.32. The minimum atomic E-state index is 0.141. The van der Waals surface area contributed by atoms with Crippen LogP contribution in [0.15, 0.2) is 23.3 Å². The molecule has 0 fully saturated rings. The maximum atomic E-state index is 11.1. The van der Waals surface area contributed by atoms with Gasteiger partial charge in [0.15, 0.2) is 5.78 Å². The van der Waals surface area contributed by atoms with Gasteiger partial charge in [0.25, 0.3) is 0 Å². The van der Waals surface area contributed by atoms with Crippen LogP contribution in [0.5, 0.6) is 0 Å². The van der Waals surface area contributed by atoms with E-state index in [9.17, 15) is 4.79 Å². The maximum absolute atomic E-state index is 11.1. The summed E-state index contributed by atoms with van der Waals surface area (Å²) in [5.74, 6) is 0.842. The van der Waals surface area contributed by atoms with E-state index in [2.05, 4.69) is 33.8 Å². The van der Waals surface area contributed by atoms with Crippen molar-refractivity contribution in [3.63, 3.8) is 0 Å². The molecule has 1 unspecified atom stereocenters. The van der Waals surface area contributed by atoms with Crippen molar-refractivity contribution in [2.75, 3.05) is 0 Å². The van der Waals surface area contributed by atoms with Crippen LogP contribution in [0.1, 0.15) is 60.3 Å². The van der Waals surface area contributed by atoms with Crippen LogP contribution in [-0.2, 0) is 4.79 Å². The van der Waals surface area contributed by atoms with Crippen molar-refractivity contribution >= 4 is 5.78 Å². The highest BCUT2D eigenvalue weighted by Crippen LogP contribution is 2.45. The van der Waals surface area contributed by atoms with Gasteiger partial charge < -0.3 is 0 Å². The molecule has 96 valence electrons. The van der Waals surface area contributed by atoms with Gasteiger partial charge in [-0.3, -0.25) is 4.79 Å². The summed E-state index contributed by atoms with van der Waals surface area (Å²) in [7, 11) is 0. The molecule has 17 heavy (non-hydrogen) atoms. The molecule has 0 heterocycles. The average Bonchev–Trinajstić information content (AvgIpc) is 2.14. The average molecular weight is 234 g/mol. The Balaban J connectivity index is 3.02. The lowest BCUT2D eigenvalue weighted by molar-refractivity contribution is -0.112. The Labute approximate surface area is 106 Å². The Morgan fingerprint density at radius 2 is 2.12 bits per heavy atom. The molecule has 0 aromatic rings. The lowest BCUT2D eigenvalue weighted by Crippen LogP contribution is -2.25. The number of carbonyl (C=O) groups is 1. The van der Waals surface area contributed by atoms with E-state index in [1.807, 2.05) is 0 Å². The second-order valence-corrected chi connectivity index (χ2v) is 6.15. The molecule has 0 bridgehead atoms. The fourth-order valence-electron chi connectivity index (χ4n) is 3.19. The van der Waals surface area contributed by atoms with Crippen LogP contribution in [0.2, 0.25) is 0 Å². The molecule has 1 rings (SSSR count). The number of rotatable bonds is 4. The largest absolute Gasteiger partial charge is 0.295 e. The molecule has 0 saturated carbocycles. The van der Waals surface area contributed by atoms with Crippen LogP contribution in [0.25, 0.3) is 0 Å². The van der Waals surface area contributed by atoms with Crippen LogP contribution in [-0.4, -0.2) is 5.78 Å². The maximum Gasteiger partial charge on any atom is 0.152 e. The normalized spacial score (nSPS) is 26.0. The van der Waals surface area contributed by atoms with Crippen LogP contribution in [0.4, 0.5) is 0 Å². The number of carbonyl (C=O) groups excluding carboxylic acids is 1. The molecule has 1 aliphatic rings. The molecule has 1 nitrogen and oxygen atoms in total. The van der Waals surface area contributed by atoms with E-state index < -0.39 is 0 Å². The number of hydrogen-bond donors (Lipinski definition) is 0. The Hall–Kier alpha value is -0.850. The van der Waals surface area contributed by atoms with E-state index in [1.165, 1.54) is 36.8 Å². The molecule has 0 amide bonds. The van der Waals surface area contributed by atoms with Crippen molar-refractivity contribution in [3.05, 3.63) is 23.3 Å². The molecule has 0 aromatic carbocycles. The van der Waals surface area contributed by atoms with Crippen molar-refractivity contribution in [2.24, 2.45) is 11.3 Å². The van der Waals surface area contributed by atoms with Gasteiger partial charge in [0, 0.05) is 0 Å². The fraction of sp³-hybridized carbons (Fsp3) is 0.688. The first kappa shape index (κ1) is 14.2. The van der Waals surface area contributed by atoms with Gasteiger partial charge in [0.2, 0.25) is 0 Å². The van der Waals surface area contributed by atoms with Crippen LogP contribution in [0.3, 0.4) is 0 Å². The summed E-state index contributed by atoms with van der Waals surface area (Å²) in [6, 6.07) is 0. The molecular weight excluding hydrogens is 208 g/mol. The fourth-order valence-corrected chi connectivity index (χ4v) is 3.19. The van der Waals surface area contributed by atoms with Gasteiger partial charge in [-0.05, 0) is 62.5 Å². The minimum absolute atomic E-state index is 0.141. The number of allylic oxidation sites excluding steroid dienone is 4. The summed E-state index contributed by atoms with van der Waals surface area (Å²) in [6.45, 7) is 10.8. The molecule has 1 atom stereocenters. The van der Waals surface area contributed by atoms with Gasteiger partial charge in [-0.15, -0.1) is 0 Å². The third-order valence-electron chi connectivity index (χ3n) is 3.73. The quantitative estimate of drug-likeness (QED) is 0.645. The van der Waals surface area contributed by atoms with Crippen LogP contribution < -0.4 is 0 Å². The third kappa shape index (κ3) is 3.83. The van der Waals surface area contributed by atoms with E-state index in [-0.39, 0.29) is 11.2 Å². The van der Waals surface area contributed by atoms with E-state index in [0.29, 0.717) is 5.92 Å². The Morgan fingerprint density at radius 1 is 1.47 bits per heavy atom. The van der Waals surface area contributed by atoms with Gasteiger partial charge in [0.05, 0.1) is 0 Å². The second-order valence-electron chi connectivity index (χ2n) is 6.15. The number of ketones is 1. The van der Waals surface area contributed by atoms with Gasteiger partial charge in [0.1, 0.15) is 0 Å². The third-order valence-corrected chi connectivity index (χ3v) is 3.73. The summed E-state index contributed by atoms with van der Waals surface area (Å²) in [4.78, 5) is 11.1. The Kier molecular flexibility index (Phi) is 4.73. The first-order chi connectivity index (χ1) is 7.85. The molecule has 0 saturated heterocycles. The number of hydrogen-bond acceptors (Lipinski definition) is 1. The van der Waals surface area contributed by atoms with Gasteiger partial charge in [-0.2, -0.15) is 0 Å². The van der Waals surface area contributed by atoms with E-state index in [1.54, 1.807) is 13.0 Å². The Bertz CT molecular complexity index is 347. The van der Waals surface area contributed by atoms with Crippen LogP contribution in [0, 0.1) is 11.3 Å². The summed E-state index contributed by atoms with van der Waals surface area (Å²) >= 11 is 0. The summed E-state index contributed by atoms with van der Waals surface area (Å²) in [5, 5.41) is 0. The summed E-state index contributed by atoms with van der Waals surface area (Å²) < 4.78 is 0. The second kappa shape index (κ2) is 5.66. The topological polar surface area (TPSA) is 17.1 Å². The molecule has 0 spiro atoms. The molecule has 1 heteroatoms. The Morgan fingerprint density at radius 3 is 2.65 bits per heavy atom. The standard InChI is InChI=1S/C16H26O/c1-12(2)11-16(5)10-6-7-13(3)15(16)9-8-14(4)17/h8-9,12H,6-7,10-11H2,1-5H3/b9-8+. The lowest BCUT2D eigenvalue weighted by atomic mass is 9.67. The van der Waals surface area contributed by atoms with Crippen molar-refractivity contribution in [1.82, 2.24) is 0 Å². The SMILES string of the molecule is CC(=O)/C=C/C1=C(C)CCCC1(C)CC(C)C. The van der Waals surface area contributed by atoms with E-state index in [0.717, 1.165) is 0 Å². The molecular formula is C16H26O. The summed E-state index contributed by atoms with van der Waals surface area (Å²) in [6.07, 6.45) is 8.72. The van der Waals surface area contributed by atoms with Crippen molar-refractivity contribution in [2.45, 2.75) is 60.3 Å².